The van der Waals surface area contributed by atoms with Crippen LogP contribution in [0.25, 0.3) is 97.2 Å². The van der Waals surface area contributed by atoms with Gasteiger partial charge in [-0.05, 0) is 103 Å². The Labute approximate surface area is 681 Å². The van der Waals surface area contributed by atoms with Gasteiger partial charge in [0.25, 0.3) is 30.1 Å². The molecule has 119 heavy (non-hydrogen) atoms. The Morgan fingerprint density at radius 3 is 1.24 bits per heavy atom. The number of nitrogens with zero attached hydrogens (tertiary/aromatic N) is 13. The molecule has 0 saturated heterocycles. The summed E-state index contributed by atoms with van der Waals surface area (Å²) in [6.45, 7) is 5.01. The lowest BCUT2D eigenvalue weighted by molar-refractivity contribution is 0.414. The average molecular weight is 1740 g/mol. The van der Waals surface area contributed by atoms with Gasteiger partial charge in [-0.25, -0.2) is 128 Å². The lowest BCUT2D eigenvalue weighted by Crippen LogP contribution is -2.18. The molecule has 41 heteroatoms. The van der Waals surface area contributed by atoms with Crippen molar-refractivity contribution in [3.05, 3.63) is 271 Å². The molecule has 24 nitrogen and oxygen atoms in total. The van der Waals surface area contributed by atoms with Gasteiger partial charge in [0, 0.05) is 103 Å². The maximum atomic E-state index is 16.1. The topological polar surface area (TPSA) is 327 Å². The molecule has 9 heterocycles. The predicted octanol–water partition coefficient (Wildman–Crippen LogP) is 17.8. The van der Waals surface area contributed by atoms with Gasteiger partial charge in [0.2, 0.25) is 5.95 Å². The van der Waals surface area contributed by atoms with Crippen molar-refractivity contribution in [1.82, 2.24) is 64.8 Å². The quantitative estimate of drug-likeness (QED) is 0.0458. The van der Waals surface area contributed by atoms with Gasteiger partial charge in [0.1, 0.15) is 85.3 Å². The molecular weight excluding hydrogens is 1690 g/mol. The number of hydrogen-bond acceptors (Lipinski definition) is 24. The van der Waals surface area contributed by atoms with E-state index < -0.39 is 126 Å². The maximum absolute atomic E-state index is 16.1. The molecule has 0 radical (unpaired) electrons. The fourth-order valence-corrected chi connectivity index (χ4v) is 18.1. The van der Waals surface area contributed by atoms with Crippen molar-refractivity contribution in [2.45, 2.75) is 48.3 Å². The standard InChI is InChI=1S/C27H19F4N5O3S2.C26H17F4N5O2S2.C25H18F3N7O2S2/c1-3-22-33-8-7-20(34-22)25-24(35-27(40-25)14-9-15(28)13-32-12-14)17-10-16(39-2)11-21(23(17)31)36-41(37,38)26-18(29)5-4-6-19(26)30;1-2-21-32-10-9-20(33-21)24-23(34-26(38-24)14-11-15(27)13-31-12-14)16-5-3-8-19(22(16)30)35-39(36,37)25-17(28)6-4-7-18(25)29;1-13-6-7-16(26)23(19(13)27)39(36,37)35-17-5-3-4-15(20(17)28)21-22(18-8-9-32-25(29-2)33-18)38-24(34-21)14-10-30-12-31-11-14/h4-13,36H,3H2,1-2H3;3-13,35H,2H2,1H3;3-12,35H,1-2H3,(H,29,32,33). The number of hydrogen-bond donors (Lipinski definition) is 4. The van der Waals surface area contributed by atoms with Crippen LogP contribution >= 0.6 is 34.0 Å². The molecule has 0 atom stereocenters. The van der Waals surface area contributed by atoms with Gasteiger partial charge in [-0.2, -0.15) is 0 Å². The third-order valence-electron chi connectivity index (χ3n) is 16.9. The molecule has 15 rings (SSSR count). The number of thiazole rings is 3. The van der Waals surface area contributed by atoms with Crippen molar-refractivity contribution in [2.75, 3.05) is 33.6 Å². The fraction of sp³-hybridized carbons (Fsp3) is 0.0897. The van der Waals surface area contributed by atoms with Crippen molar-refractivity contribution >= 4 is 87.1 Å². The van der Waals surface area contributed by atoms with Crippen LogP contribution in [0.5, 0.6) is 5.75 Å². The maximum Gasteiger partial charge on any atom is 0.267 e. The minimum absolute atomic E-state index is 0.0120. The summed E-state index contributed by atoms with van der Waals surface area (Å²) in [6.07, 6.45) is 14.9. The Hall–Kier alpha value is -13.1. The highest BCUT2D eigenvalue weighted by Crippen LogP contribution is 2.47. The first-order valence-corrected chi connectivity index (χ1v) is 41.4. The van der Waals surface area contributed by atoms with E-state index in [1.807, 2.05) is 28.0 Å². The number of anilines is 4. The molecular formula is C78H54F11N17O7S6. The summed E-state index contributed by atoms with van der Waals surface area (Å²) in [6, 6.07) is 24.4. The Morgan fingerprint density at radius 2 is 0.790 bits per heavy atom. The van der Waals surface area contributed by atoms with Crippen LogP contribution in [0, 0.1) is 70.9 Å². The summed E-state index contributed by atoms with van der Waals surface area (Å²) in [5.41, 5.74) is 0.530. The molecule has 0 bridgehead atoms. The Bertz CT molecular complexity index is 6720. The van der Waals surface area contributed by atoms with E-state index in [1.165, 1.54) is 105 Å². The van der Waals surface area contributed by atoms with Gasteiger partial charge in [-0.15, -0.1) is 34.0 Å². The molecule has 4 N–H and O–H groups in total. The highest BCUT2D eigenvalue weighted by Gasteiger charge is 2.33. The van der Waals surface area contributed by atoms with Crippen LogP contribution in [0.4, 0.5) is 71.3 Å². The van der Waals surface area contributed by atoms with E-state index in [9.17, 15) is 60.4 Å². The Kier molecular flexibility index (Phi) is 24.9. The Morgan fingerprint density at radius 1 is 0.395 bits per heavy atom. The fourth-order valence-electron chi connectivity index (χ4n) is 11.4. The average Bonchev–Trinajstić information content (AvgIpc) is 1.65. The van der Waals surface area contributed by atoms with E-state index in [0.717, 1.165) is 102 Å². The van der Waals surface area contributed by atoms with Gasteiger partial charge in [-0.3, -0.25) is 24.1 Å². The number of sulfonamides is 3. The molecule has 9 aromatic heterocycles. The molecule has 6 aromatic carbocycles. The molecule has 0 fully saturated rings. The van der Waals surface area contributed by atoms with E-state index in [0.29, 0.717) is 88.9 Å². The third kappa shape index (κ3) is 18.2. The second-order valence-electron chi connectivity index (χ2n) is 24.7. The number of nitrogens with one attached hydrogen (secondary N) is 4. The molecule has 606 valence electrons. The first kappa shape index (κ1) is 83.8. The second-order valence-corrected chi connectivity index (χ2v) is 32.6. The molecule has 0 aliphatic carbocycles. The van der Waals surface area contributed by atoms with E-state index in [-0.39, 0.29) is 50.1 Å². The monoisotopic (exact) mass is 1740 g/mol. The number of ether oxygens (including phenoxy) is 1. The van der Waals surface area contributed by atoms with Crippen molar-refractivity contribution in [1.29, 1.82) is 0 Å². The SMILES string of the molecule is CCc1nccc(-c2sc(-c3cncc(F)c3)nc2-c2cc(OC)cc(NS(=O)(=O)c3c(F)cccc3F)c2F)n1.CCc1nccc(-c2sc(-c3cncc(F)c3)nc2-c2cccc(NS(=O)(=O)c3c(F)cccc3F)c2F)n1.CNc1nccc(-c2sc(-c3cncnc3)nc2-c2cccc(NS(=O)(=O)c3c(F)ccc(C)c3F)c2F)n1. The zero-order valence-corrected chi connectivity index (χ0v) is 66.5. The van der Waals surface area contributed by atoms with Crippen LogP contribution in [0.3, 0.4) is 0 Å². The van der Waals surface area contributed by atoms with Crippen molar-refractivity contribution in [2.24, 2.45) is 0 Å². The smallest absolute Gasteiger partial charge is 0.267 e. The van der Waals surface area contributed by atoms with Crippen LogP contribution in [0.15, 0.2) is 204 Å². The van der Waals surface area contributed by atoms with E-state index >= 15 is 13.2 Å². The van der Waals surface area contributed by atoms with Gasteiger partial charge in [0.05, 0.1) is 85.4 Å². The van der Waals surface area contributed by atoms with Gasteiger partial charge in [-0.1, -0.05) is 44.2 Å². The molecule has 0 spiro atoms. The zero-order chi connectivity index (χ0) is 84.8. The summed E-state index contributed by atoms with van der Waals surface area (Å²) in [5, 5.41) is 3.88. The highest BCUT2D eigenvalue weighted by molar-refractivity contribution is 7.93. The molecule has 15 aromatic rings. The number of aryl methyl sites for hydroxylation is 3. The normalized spacial score (nSPS) is 11.5. The van der Waals surface area contributed by atoms with Crippen LogP contribution in [-0.2, 0) is 42.9 Å². The van der Waals surface area contributed by atoms with Crippen molar-refractivity contribution < 1.29 is 78.3 Å². The van der Waals surface area contributed by atoms with Crippen LogP contribution in [-0.4, -0.2) is 104 Å². The van der Waals surface area contributed by atoms with E-state index in [2.05, 4.69) is 70.1 Å². The number of pyridine rings is 2. The minimum Gasteiger partial charge on any atom is -0.497 e. The van der Waals surface area contributed by atoms with Gasteiger partial charge in [0.15, 0.2) is 32.1 Å². The summed E-state index contributed by atoms with van der Waals surface area (Å²) in [7, 11) is -11.7. The molecule has 0 aliphatic rings. The molecule has 0 unspecified atom stereocenters. The second kappa shape index (κ2) is 35.4. The van der Waals surface area contributed by atoms with Gasteiger partial charge < -0.3 is 10.1 Å². The van der Waals surface area contributed by atoms with Crippen LogP contribution < -0.4 is 24.2 Å². The summed E-state index contributed by atoms with van der Waals surface area (Å²) in [4.78, 5) is 52.8. The first-order chi connectivity index (χ1) is 57.0. The van der Waals surface area contributed by atoms with Crippen LogP contribution in [0.2, 0.25) is 0 Å². The molecule has 0 aliphatic heterocycles. The van der Waals surface area contributed by atoms with Crippen LogP contribution in [0.1, 0.15) is 31.1 Å². The number of halogens is 11. The largest absolute Gasteiger partial charge is 0.497 e. The Balaban J connectivity index is 0.000000155. The van der Waals surface area contributed by atoms with Crippen molar-refractivity contribution in [3.63, 3.8) is 0 Å². The highest BCUT2D eigenvalue weighted by atomic mass is 32.2. The first-order valence-electron chi connectivity index (χ1n) is 34.5. The van der Waals surface area contributed by atoms with E-state index in [1.54, 1.807) is 37.6 Å². The number of rotatable bonds is 22. The number of benzene rings is 6. The van der Waals surface area contributed by atoms with E-state index in [4.69, 9.17) is 4.74 Å². The minimum atomic E-state index is -4.92. The zero-order valence-electron chi connectivity index (χ0n) is 61.6. The summed E-state index contributed by atoms with van der Waals surface area (Å²) in [5.74, 6) is -10.9. The number of aromatic nitrogens is 13. The number of methoxy groups -OCH3 is 1. The predicted molar refractivity (Wildman–Crippen MR) is 424 cm³/mol. The van der Waals surface area contributed by atoms with Crippen molar-refractivity contribution in [3.8, 4) is 103 Å². The lowest BCUT2D eigenvalue weighted by atomic mass is 10.1. The molecule has 0 saturated carbocycles. The summed E-state index contributed by atoms with van der Waals surface area (Å²) < 4.78 is 250. The summed E-state index contributed by atoms with van der Waals surface area (Å²) >= 11 is 3.38. The third-order valence-corrected chi connectivity index (χ3v) is 24.5. The lowest BCUT2D eigenvalue weighted by Gasteiger charge is -2.14. The van der Waals surface area contributed by atoms with Gasteiger partial charge >= 0.3 is 0 Å². The molecule has 0 amide bonds.